The van der Waals surface area contributed by atoms with E-state index in [4.69, 9.17) is 4.42 Å². The molecule has 0 unspecified atom stereocenters. The van der Waals surface area contributed by atoms with Gasteiger partial charge in [0.15, 0.2) is 0 Å². The van der Waals surface area contributed by atoms with E-state index in [0.29, 0.717) is 0 Å². The lowest BCUT2D eigenvalue weighted by Gasteiger charge is -2.28. The van der Waals surface area contributed by atoms with Gasteiger partial charge < -0.3 is 13.9 Å². The summed E-state index contributed by atoms with van der Waals surface area (Å²) in [7, 11) is 0. The maximum absolute atomic E-state index is 6.59. The van der Waals surface area contributed by atoms with Crippen molar-refractivity contribution in [3.05, 3.63) is 267 Å². The molecule has 13 aromatic rings. The number of aromatic nitrogens is 1. The highest BCUT2D eigenvalue weighted by Gasteiger charge is 2.21. The second-order valence-corrected chi connectivity index (χ2v) is 17.6. The van der Waals surface area contributed by atoms with Crippen LogP contribution in [0.25, 0.3) is 105 Å². The largest absolute Gasteiger partial charge is 0.455 e. The van der Waals surface area contributed by atoms with E-state index in [-0.39, 0.29) is 0 Å². The minimum absolute atomic E-state index is 0.889. The van der Waals surface area contributed by atoms with Gasteiger partial charge in [-0.25, -0.2) is 0 Å². The van der Waals surface area contributed by atoms with E-state index in [0.717, 1.165) is 78.1 Å². The predicted molar refractivity (Wildman–Crippen MR) is 290 cm³/mol. The Morgan fingerprint density at radius 1 is 0.290 bits per heavy atom. The van der Waals surface area contributed by atoms with Gasteiger partial charge in [0.1, 0.15) is 11.2 Å². The zero-order valence-electron chi connectivity index (χ0n) is 37.7. The lowest BCUT2D eigenvalue weighted by Crippen LogP contribution is -2.11. The fourth-order valence-electron chi connectivity index (χ4n) is 10.4. The lowest BCUT2D eigenvalue weighted by molar-refractivity contribution is 0.670. The van der Waals surface area contributed by atoms with E-state index in [9.17, 15) is 0 Å². The number of furan rings is 1. The van der Waals surface area contributed by atoms with E-state index < -0.39 is 0 Å². The van der Waals surface area contributed by atoms with Gasteiger partial charge in [-0.1, -0.05) is 206 Å². The molecule has 0 atom stereocenters. The average Bonchev–Trinajstić information content (AvgIpc) is 3.98. The van der Waals surface area contributed by atoms with Crippen molar-refractivity contribution in [2.75, 3.05) is 4.90 Å². The summed E-state index contributed by atoms with van der Waals surface area (Å²) in [5, 5.41) is 4.71. The van der Waals surface area contributed by atoms with Crippen molar-refractivity contribution in [1.29, 1.82) is 0 Å². The quantitative estimate of drug-likeness (QED) is 0.144. The smallest absolute Gasteiger partial charge is 0.143 e. The Labute approximate surface area is 401 Å². The van der Waals surface area contributed by atoms with E-state index in [1.807, 2.05) is 12.1 Å². The van der Waals surface area contributed by atoms with Crippen LogP contribution < -0.4 is 4.90 Å². The van der Waals surface area contributed by atoms with Crippen molar-refractivity contribution in [1.82, 2.24) is 4.57 Å². The number of fused-ring (bicyclic) bond motifs is 6. The maximum atomic E-state index is 6.59. The molecule has 0 bridgehead atoms. The summed E-state index contributed by atoms with van der Waals surface area (Å²) in [5.41, 5.74) is 19.9. The highest BCUT2D eigenvalue weighted by atomic mass is 16.3. The van der Waals surface area contributed by atoms with Gasteiger partial charge in [-0.3, -0.25) is 0 Å². The molecule has 3 nitrogen and oxygen atoms in total. The minimum atomic E-state index is 0.889. The molecular weight excluding hydrogens is 837 g/mol. The summed E-state index contributed by atoms with van der Waals surface area (Å²) in [6.07, 6.45) is 0. The lowest BCUT2D eigenvalue weighted by atomic mass is 9.96. The van der Waals surface area contributed by atoms with E-state index in [2.05, 4.69) is 264 Å². The van der Waals surface area contributed by atoms with Crippen LogP contribution in [0.4, 0.5) is 17.1 Å². The minimum Gasteiger partial charge on any atom is -0.455 e. The molecule has 0 spiro atoms. The molecule has 11 aromatic carbocycles. The monoisotopic (exact) mass is 880 g/mol. The van der Waals surface area contributed by atoms with Crippen LogP contribution >= 0.6 is 0 Å². The molecule has 0 fully saturated rings. The first-order valence-electron chi connectivity index (χ1n) is 23.6. The standard InChI is InChI=1S/C66H44N2O/c1-3-18-45(19-4-1)48-22-15-23-50(42-48)54-26-7-11-32-61(54)67(53-25-16-24-51(43-53)56-30-17-31-60-59-29-10-14-35-65(59)69-66(56)60)52-39-36-47(37-40-52)55-41-38-49(46-20-5-2-6-21-46)44-64(55)68-62-33-12-8-27-57(62)58-28-9-13-34-63(58)68/h1-44H. The molecule has 2 aromatic heterocycles. The maximum Gasteiger partial charge on any atom is 0.143 e. The van der Waals surface area contributed by atoms with Crippen LogP contribution in [0.1, 0.15) is 0 Å². The second kappa shape index (κ2) is 16.9. The number of benzene rings is 11. The third-order valence-corrected chi connectivity index (χ3v) is 13.6. The molecule has 3 heteroatoms. The molecule has 0 aliphatic carbocycles. The van der Waals surface area contributed by atoms with Crippen molar-refractivity contribution in [2.45, 2.75) is 0 Å². The highest BCUT2D eigenvalue weighted by molar-refractivity contribution is 6.11. The van der Waals surface area contributed by atoms with Gasteiger partial charge in [-0.15, -0.1) is 0 Å². The molecule has 324 valence electrons. The van der Waals surface area contributed by atoms with E-state index in [1.165, 1.54) is 44.1 Å². The first-order chi connectivity index (χ1) is 34.2. The topological polar surface area (TPSA) is 21.3 Å². The fraction of sp³-hybridized carbons (Fsp3) is 0. The Kier molecular flexibility index (Phi) is 9.84. The van der Waals surface area contributed by atoms with Gasteiger partial charge in [0.05, 0.1) is 22.4 Å². The number of nitrogens with zero attached hydrogens (tertiary/aromatic N) is 2. The molecule has 0 aliphatic heterocycles. The first kappa shape index (κ1) is 40.1. The molecule has 2 heterocycles. The molecule has 0 aliphatic rings. The summed E-state index contributed by atoms with van der Waals surface area (Å²) >= 11 is 0. The molecule has 0 saturated heterocycles. The van der Waals surface area contributed by atoms with Crippen LogP contribution in [0, 0.1) is 0 Å². The molecule has 0 saturated carbocycles. The summed E-state index contributed by atoms with van der Waals surface area (Å²) in [4.78, 5) is 2.41. The Balaban J connectivity index is 0.988. The summed E-state index contributed by atoms with van der Waals surface area (Å²) in [6.45, 7) is 0. The Morgan fingerprint density at radius 2 is 0.812 bits per heavy atom. The molecule has 0 N–H and O–H groups in total. The number of rotatable bonds is 9. The Bertz CT molecular complexity index is 3960. The zero-order chi connectivity index (χ0) is 45.7. The molecule has 13 rings (SSSR count). The normalized spacial score (nSPS) is 11.5. The Hall–Kier alpha value is -9.18. The molecule has 69 heavy (non-hydrogen) atoms. The first-order valence-corrected chi connectivity index (χ1v) is 23.6. The van der Waals surface area contributed by atoms with Crippen LogP contribution in [0.5, 0.6) is 0 Å². The summed E-state index contributed by atoms with van der Waals surface area (Å²) in [5.74, 6) is 0. The average molecular weight is 881 g/mol. The second-order valence-electron chi connectivity index (χ2n) is 17.6. The van der Waals surface area contributed by atoms with E-state index in [1.54, 1.807) is 0 Å². The third-order valence-electron chi connectivity index (χ3n) is 13.6. The number of hydrogen-bond donors (Lipinski definition) is 0. The molecule has 0 radical (unpaired) electrons. The van der Waals surface area contributed by atoms with Crippen LogP contribution in [0.3, 0.4) is 0 Å². The van der Waals surface area contributed by atoms with Crippen LogP contribution in [-0.2, 0) is 0 Å². The number of hydrogen-bond acceptors (Lipinski definition) is 2. The van der Waals surface area contributed by atoms with Gasteiger partial charge in [0.2, 0.25) is 0 Å². The van der Waals surface area contributed by atoms with Crippen LogP contribution in [0.2, 0.25) is 0 Å². The molecular formula is C66H44N2O. The van der Waals surface area contributed by atoms with Gasteiger partial charge in [0, 0.05) is 49.6 Å². The summed E-state index contributed by atoms with van der Waals surface area (Å²) < 4.78 is 9.03. The Morgan fingerprint density at radius 3 is 1.55 bits per heavy atom. The van der Waals surface area contributed by atoms with Gasteiger partial charge in [-0.05, 0) is 99.6 Å². The number of para-hydroxylation sites is 5. The highest BCUT2D eigenvalue weighted by Crippen LogP contribution is 2.45. The van der Waals surface area contributed by atoms with Gasteiger partial charge >= 0.3 is 0 Å². The van der Waals surface area contributed by atoms with Crippen molar-refractivity contribution < 1.29 is 4.42 Å². The van der Waals surface area contributed by atoms with Crippen molar-refractivity contribution in [3.8, 4) is 61.3 Å². The summed E-state index contributed by atoms with van der Waals surface area (Å²) in [6, 6.07) is 96.2. The zero-order valence-corrected chi connectivity index (χ0v) is 37.7. The molecule has 0 amide bonds. The van der Waals surface area contributed by atoms with Crippen molar-refractivity contribution in [2.24, 2.45) is 0 Å². The number of anilines is 3. The van der Waals surface area contributed by atoms with Crippen molar-refractivity contribution in [3.63, 3.8) is 0 Å². The van der Waals surface area contributed by atoms with Crippen LogP contribution in [0.15, 0.2) is 271 Å². The third kappa shape index (κ3) is 7.08. The van der Waals surface area contributed by atoms with Crippen molar-refractivity contribution >= 4 is 60.8 Å². The predicted octanol–water partition coefficient (Wildman–Crippen LogP) is 18.5. The van der Waals surface area contributed by atoms with E-state index >= 15 is 0 Å². The van der Waals surface area contributed by atoms with Crippen LogP contribution in [-0.4, -0.2) is 4.57 Å². The SMILES string of the molecule is c1ccc(-c2cccc(-c3ccccc3N(c3ccc(-c4ccc(-c5ccccc5)cc4-n4c5ccccc5c5ccccc54)cc3)c3cccc(-c4cccc5c4oc4ccccc45)c3)c2)cc1. The van der Waals surface area contributed by atoms with Gasteiger partial charge in [0.25, 0.3) is 0 Å². The fourth-order valence-corrected chi connectivity index (χ4v) is 10.4. The van der Waals surface area contributed by atoms with Gasteiger partial charge in [-0.2, -0.15) is 0 Å².